The lowest BCUT2D eigenvalue weighted by Gasteiger charge is -2.30. The van der Waals surface area contributed by atoms with Crippen LogP contribution >= 0.6 is 15.9 Å². The quantitative estimate of drug-likeness (QED) is 0.926. The first-order valence-electron chi connectivity index (χ1n) is 7.00. The maximum atomic E-state index is 6.05. The molecule has 1 heterocycles. The van der Waals surface area contributed by atoms with Gasteiger partial charge in [-0.1, -0.05) is 28.1 Å². The predicted octanol–water partition coefficient (Wildman–Crippen LogP) is 2.39. The minimum Gasteiger partial charge on any atom is -0.329 e. The summed E-state index contributed by atoms with van der Waals surface area (Å²) in [5, 5.41) is 0. The molecular weight excluding hydrogens is 302 g/mol. The SMILES string of the molecule is Cc1ccc(C(CN)N2CCCN(C)CC2)c(Br)c1. The molecule has 0 aliphatic carbocycles. The first kappa shape index (κ1) is 15.0. The van der Waals surface area contributed by atoms with Crippen LogP contribution in [0.2, 0.25) is 0 Å². The average molecular weight is 326 g/mol. The lowest BCUT2D eigenvalue weighted by Crippen LogP contribution is -2.36. The molecule has 4 heteroatoms. The summed E-state index contributed by atoms with van der Waals surface area (Å²) < 4.78 is 1.18. The fraction of sp³-hybridized carbons (Fsp3) is 0.600. The van der Waals surface area contributed by atoms with E-state index < -0.39 is 0 Å². The summed E-state index contributed by atoms with van der Waals surface area (Å²) in [5.74, 6) is 0. The number of aryl methyl sites for hydroxylation is 1. The van der Waals surface area contributed by atoms with E-state index in [-0.39, 0.29) is 0 Å². The Morgan fingerprint density at radius 2 is 2.05 bits per heavy atom. The molecule has 0 saturated carbocycles. The Morgan fingerprint density at radius 1 is 1.26 bits per heavy atom. The minimum absolute atomic E-state index is 0.321. The van der Waals surface area contributed by atoms with Crippen molar-refractivity contribution in [3.8, 4) is 0 Å². The van der Waals surface area contributed by atoms with Gasteiger partial charge >= 0.3 is 0 Å². The van der Waals surface area contributed by atoms with Gasteiger partial charge < -0.3 is 10.6 Å². The molecule has 1 aliphatic rings. The molecule has 19 heavy (non-hydrogen) atoms. The highest BCUT2D eigenvalue weighted by Gasteiger charge is 2.22. The number of rotatable bonds is 3. The molecule has 0 spiro atoms. The Bertz CT molecular complexity index is 422. The third-order valence-corrected chi connectivity index (χ3v) is 4.62. The highest BCUT2D eigenvalue weighted by Crippen LogP contribution is 2.28. The van der Waals surface area contributed by atoms with Crippen LogP contribution in [0.3, 0.4) is 0 Å². The second-order valence-corrected chi connectivity index (χ2v) is 6.32. The highest BCUT2D eigenvalue weighted by molar-refractivity contribution is 9.10. The van der Waals surface area contributed by atoms with E-state index in [1.807, 2.05) is 0 Å². The van der Waals surface area contributed by atoms with Crippen LogP contribution in [-0.4, -0.2) is 49.6 Å². The zero-order chi connectivity index (χ0) is 13.8. The number of nitrogens with zero attached hydrogens (tertiary/aromatic N) is 2. The lowest BCUT2D eigenvalue weighted by atomic mass is 10.0. The maximum absolute atomic E-state index is 6.05. The third kappa shape index (κ3) is 3.78. The Labute approximate surface area is 124 Å². The summed E-state index contributed by atoms with van der Waals surface area (Å²) in [7, 11) is 2.20. The van der Waals surface area contributed by atoms with Crippen molar-refractivity contribution in [2.75, 3.05) is 39.8 Å². The largest absolute Gasteiger partial charge is 0.329 e. The molecule has 1 aromatic carbocycles. The monoisotopic (exact) mass is 325 g/mol. The summed E-state index contributed by atoms with van der Waals surface area (Å²) in [5.41, 5.74) is 8.65. The topological polar surface area (TPSA) is 32.5 Å². The van der Waals surface area contributed by atoms with E-state index in [1.54, 1.807) is 0 Å². The zero-order valence-corrected chi connectivity index (χ0v) is 13.5. The molecule has 0 amide bonds. The van der Waals surface area contributed by atoms with Crippen molar-refractivity contribution in [1.29, 1.82) is 0 Å². The maximum Gasteiger partial charge on any atom is 0.0482 e. The van der Waals surface area contributed by atoms with E-state index in [0.717, 1.165) is 19.6 Å². The van der Waals surface area contributed by atoms with Crippen LogP contribution < -0.4 is 5.73 Å². The normalized spacial score (nSPS) is 20.2. The number of halogens is 1. The van der Waals surface area contributed by atoms with Gasteiger partial charge in [0, 0.05) is 36.7 Å². The number of hydrogen-bond donors (Lipinski definition) is 1. The van der Waals surface area contributed by atoms with Crippen molar-refractivity contribution in [3.05, 3.63) is 33.8 Å². The fourth-order valence-corrected chi connectivity index (χ4v) is 3.51. The Hall–Kier alpha value is -0.420. The van der Waals surface area contributed by atoms with Crippen molar-refractivity contribution >= 4 is 15.9 Å². The summed E-state index contributed by atoms with van der Waals surface area (Å²) in [6.45, 7) is 7.33. The average Bonchev–Trinajstić information content (AvgIpc) is 2.58. The van der Waals surface area contributed by atoms with Gasteiger partial charge in [-0.3, -0.25) is 4.90 Å². The summed E-state index contributed by atoms with van der Waals surface area (Å²) >= 11 is 3.69. The van der Waals surface area contributed by atoms with Gasteiger partial charge in [-0.25, -0.2) is 0 Å². The van der Waals surface area contributed by atoms with Crippen molar-refractivity contribution in [1.82, 2.24) is 9.80 Å². The molecule has 1 aliphatic heterocycles. The van der Waals surface area contributed by atoms with Gasteiger partial charge in [-0.2, -0.15) is 0 Å². The molecule has 3 nitrogen and oxygen atoms in total. The standard InChI is InChI=1S/C15H24BrN3/c1-12-4-5-13(14(16)10-12)15(11-17)19-7-3-6-18(2)8-9-19/h4-5,10,15H,3,6-9,11,17H2,1-2H3. The molecule has 2 N–H and O–H groups in total. The van der Waals surface area contributed by atoms with Crippen molar-refractivity contribution in [3.63, 3.8) is 0 Å². The van der Waals surface area contributed by atoms with E-state index in [1.165, 1.54) is 28.6 Å². The molecule has 0 aromatic heterocycles. The van der Waals surface area contributed by atoms with Gasteiger partial charge in [0.25, 0.3) is 0 Å². The van der Waals surface area contributed by atoms with Gasteiger partial charge in [0.1, 0.15) is 0 Å². The number of likely N-dealkylation sites (N-methyl/N-ethyl adjacent to an activating group) is 1. The van der Waals surface area contributed by atoms with E-state index in [9.17, 15) is 0 Å². The first-order valence-corrected chi connectivity index (χ1v) is 7.80. The van der Waals surface area contributed by atoms with Crippen LogP contribution in [0.4, 0.5) is 0 Å². The van der Waals surface area contributed by atoms with Gasteiger partial charge in [0.05, 0.1) is 0 Å². The van der Waals surface area contributed by atoms with E-state index in [4.69, 9.17) is 5.73 Å². The molecule has 1 fully saturated rings. The highest BCUT2D eigenvalue weighted by atomic mass is 79.9. The number of hydrogen-bond acceptors (Lipinski definition) is 3. The lowest BCUT2D eigenvalue weighted by molar-refractivity contribution is 0.207. The second kappa shape index (κ2) is 6.84. The molecule has 1 atom stereocenters. The Balaban J connectivity index is 2.18. The first-order chi connectivity index (χ1) is 9.11. The van der Waals surface area contributed by atoms with E-state index >= 15 is 0 Å². The van der Waals surface area contributed by atoms with Crippen LogP contribution in [0.5, 0.6) is 0 Å². The summed E-state index contributed by atoms with van der Waals surface area (Å²) in [6, 6.07) is 6.89. The number of benzene rings is 1. The van der Waals surface area contributed by atoms with E-state index in [0.29, 0.717) is 12.6 Å². The Kier molecular flexibility index (Phi) is 5.39. The van der Waals surface area contributed by atoms with Crippen LogP contribution in [0.25, 0.3) is 0 Å². The van der Waals surface area contributed by atoms with Crippen LogP contribution in [0.15, 0.2) is 22.7 Å². The van der Waals surface area contributed by atoms with Gasteiger partial charge in [0.2, 0.25) is 0 Å². The van der Waals surface area contributed by atoms with Gasteiger partial charge in [-0.05, 0) is 44.1 Å². The summed E-state index contributed by atoms with van der Waals surface area (Å²) in [4.78, 5) is 4.93. The Morgan fingerprint density at radius 3 is 2.74 bits per heavy atom. The van der Waals surface area contributed by atoms with Gasteiger partial charge in [0.15, 0.2) is 0 Å². The molecule has 0 bridgehead atoms. The fourth-order valence-electron chi connectivity index (χ4n) is 2.75. The molecule has 1 aromatic rings. The second-order valence-electron chi connectivity index (χ2n) is 5.47. The van der Waals surface area contributed by atoms with Crippen LogP contribution in [-0.2, 0) is 0 Å². The van der Waals surface area contributed by atoms with Crippen molar-refractivity contribution in [2.45, 2.75) is 19.4 Å². The van der Waals surface area contributed by atoms with Gasteiger partial charge in [-0.15, -0.1) is 0 Å². The number of nitrogens with two attached hydrogens (primary N) is 1. The molecule has 2 rings (SSSR count). The predicted molar refractivity (Wildman–Crippen MR) is 84.4 cm³/mol. The third-order valence-electron chi connectivity index (χ3n) is 3.93. The molecule has 1 unspecified atom stereocenters. The van der Waals surface area contributed by atoms with Crippen molar-refractivity contribution in [2.24, 2.45) is 5.73 Å². The zero-order valence-electron chi connectivity index (χ0n) is 11.9. The smallest absolute Gasteiger partial charge is 0.0482 e. The van der Waals surface area contributed by atoms with Crippen molar-refractivity contribution < 1.29 is 0 Å². The van der Waals surface area contributed by atoms with Crippen LogP contribution in [0.1, 0.15) is 23.6 Å². The molecule has 106 valence electrons. The molecule has 1 saturated heterocycles. The molecular formula is C15H24BrN3. The van der Waals surface area contributed by atoms with E-state index in [2.05, 4.69) is 57.9 Å². The molecule has 0 radical (unpaired) electrons. The minimum atomic E-state index is 0.321. The summed E-state index contributed by atoms with van der Waals surface area (Å²) in [6.07, 6.45) is 1.22. The van der Waals surface area contributed by atoms with Crippen LogP contribution in [0, 0.1) is 6.92 Å².